The molecule has 2 aromatic heterocycles. The van der Waals surface area contributed by atoms with Gasteiger partial charge in [0, 0.05) is 74.2 Å². The maximum Gasteiger partial charge on any atom is 0.230 e. The summed E-state index contributed by atoms with van der Waals surface area (Å²) >= 11 is 0. The smallest absolute Gasteiger partial charge is 0.230 e. The second kappa shape index (κ2) is 11.7. The van der Waals surface area contributed by atoms with Gasteiger partial charge in [-0.2, -0.15) is 4.98 Å². The zero-order valence-electron chi connectivity index (χ0n) is 25.6. The first-order chi connectivity index (χ1) is 20.5. The third-order valence-electron chi connectivity index (χ3n) is 9.71. The molecule has 3 aromatic rings. The van der Waals surface area contributed by atoms with E-state index in [0.29, 0.717) is 80.7 Å². The van der Waals surface area contributed by atoms with E-state index in [1.165, 1.54) is 5.56 Å². The van der Waals surface area contributed by atoms with Crippen molar-refractivity contribution >= 4 is 10.0 Å². The molecule has 0 saturated carbocycles. The van der Waals surface area contributed by atoms with Crippen molar-refractivity contribution in [2.24, 2.45) is 5.41 Å². The maximum atomic E-state index is 13.1. The van der Waals surface area contributed by atoms with E-state index < -0.39 is 21.0 Å². The van der Waals surface area contributed by atoms with Gasteiger partial charge < -0.3 is 19.3 Å². The molecular weight excluding hydrogens is 566 g/mol. The van der Waals surface area contributed by atoms with Crippen molar-refractivity contribution in [1.29, 1.82) is 0 Å². The number of benzene rings is 1. The van der Waals surface area contributed by atoms with Crippen LogP contribution in [0.15, 0.2) is 47.2 Å². The summed E-state index contributed by atoms with van der Waals surface area (Å²) < 4.78 is 39.0. The Labute approximate surface area is 254 Å². The highest BCUT2D eigenvalue weighted by molar-refractivity contribution is 7.89. The first kappa shape index (κ1) is 30.3. The lowest BCUT2D eigenvalue weighted by Crippen LogP contribution is -2.63. The van der Waals surface area contributed by atoms with Crippen molar-refractivity contribution < 1.29 is 22.8 Å². The second-order valence-electron chi connectivity index (χ2n) is 13.2. The average Bonchev–Trinajstić information content (AvgIpc) is 3.51. The Hall–Kier alpha value is -2.70. The Bertz CT molecular complexity index is 1520. The van der Waals surface area contributed by atoms with Crippen LogP contribution in [0.2, 0.25) is 0 Å². The zero-order valence-corrected chi connectivity index (χ0v) is 26.4. The quantitative estimate of drug-likeness (QED) is 0.402. The highest BCUT2D eigenvalue weighted by Gasteiger charge is 2.55. The van der Waals surface area contributed by atoms with Gasteiger partial charge in [-0.15, -0.1) is 0 Å². The Morgan fingerprint density at radius 3 is 2.33 bits per heavy atom. The van der Waals surface area contributed by atoms with Gasteiger partial charge in [0.25, 0.3) is 0 Å². The fourth-order valence-electron chi connectivity index (χ4n) is 7.17. The van der Waals surface area contributed by atoms with Gasteiger partial charge in [0.1, 0.15) is 5.60 Å². The molecule has 1 aromatic carbocycles. The molecule has 3 saturated heterocycles. The van der Waals surface area contributed by atoms with E-state index in [2.05, 4.69) is 55.0 Å². The Morgan fingerprint density at radius 2 is 1.70 bits per heavy atom. The van der Waals surface area contributed by atoms with Gasteiger partial charge in [0.15, 0.2) is 0 Å². The number of aliphatic hydroxyl groups is 1. The summed E-state index contributed by atoms with van der Waals surface area (Å²) in [5.41, 5.74) is 1.73. The predicted molar refractivity (Wildman–Crippen MR) is 163 cm³/mol. The van der Waals surface area contributed by atoms with Crippen molar-refractivity contribution in [3.63, 3.8) is 0 Å². The van der Waals surface area contributed by atoms with Gasteiger partial charge in [-0.25, -0.2) is 12.7 Å². The van der Waals surface area contributed by atoms with E-state index in [-0.39, 0.29) is 11.2 Å². The Morgan fingerprint density at radius 1 is 1.02 bits per heavy atom. The van der Waals surface area contributed by atoms with Crippen molar-refractivity contribution in [3.8, 4) is 11.4 Å². The van der Waals surface area contributed by atoms with Crippen LogP contribution in [0.1, 0.15) is 80.9 Å². The Balaban J connectivity index is 1.22. The minimum atomic E-state index is -3.34. The number of piperidine rings is 1. The highest BCUT2D eigenvalue weighted by Crippen LogP contribution is 2.50. The SMILES string of the molecule is CC(C)c1ccc([C@](O)(c2cncc(-c3noc(C4CCN(S(=O)(=O)C5CCOCC5)CC4)n3)c2)C2(C)CN(C)C2)cc1. The van der Waals surface area contributed by atoms with Crippen LogP contribution in [-0.2, 0) is 20.4 Å². The lowest BCUT2D eigenvalue weighted by Gasteiger charge is -2.55. The number of aromatic nitrogens is 3. The number of sulfonamides is 1. The molecule has 0 radical (unpaired) electrons. The van der Waals surface area contributed by atoms with E-state index >= 15 is 0 Å². The maximum absolute atomic E-state index is 13.1. The van der Waals surface area contributed by atoms with Gasteiger partial charge in [-0.1, -0.05) is 50.2 Å². The lowest BCUT2D eigenvalue weighted by atomic mass is 9.62. The summed E-state index contributed by atoms with van der Waals surface area (Å²) in [6.07, 6.45) is 5.78. The molecule has 0 spiro atoms. The molecule has 0 unspecified atom stereocenters. The Kier molecular flexibility index (Phi) is 8.23. The summed E-state index contributed by atoms with van der Waals surface area (Å²) in [4.78, 5) is 11.4. The second-order valence-corrected chi connectivity index (χ2v) is 15.4. The normalized spacial score (nSPS) is 22.4. The molecule has 232 valence electrons. The number of pyridine rings is 1. The summed E-state index contributed by atoms with van der Waals surface area (Å²) in [7, 11) is -1.28. The lowest BCUT2D eigenvalue weighted by molar-refractivity contribution is -0.127. The largest absolute Gasteiger partial charge is 0.381 e. The van der Waals surface area contributed by atoms with Gasteiger partial charge >= 0.3 is 0 Å². The molecule has 43 heavy (non-hydrogen) atoms. The molecular formula is C32H43N5O5S. The van der Waals surface area contributed by atoms with Crippen molar-refractivity contribution in [2.45, 2.75) is 69.1 Å². The van der Waals surface area contributed by atoms with Crippen LogP contribution >= 0.6 is 0 Å². The average molecular weight is 610 g/mol. The summed E-state index contributed by atoms with van der Waals surface area (Å²) in [6.45, 7) is 9.81. The minimum absolute atomic E-state index is 0.0145. The molecule has 10 nitrogen and oxygen atoms in total. The van der Waals surface area contributed by atoms with Gasteiger partial charge in [0.2, 0.25) is 21.7 Å². The number of hydrogen-bond donors (Lipinski definition) is 1. The van der Waals surface area contributed by atoms with Crippen LogP contribution < -0.4 is 0 Å². The molecule has 3 fully saturated rings. The van der Waals surface area contributed by atoms with E-state index in [9.17, 15) is 13.5 Å². The predicted octanol–water partition coefficient (Wildman–Crippen LogP) is 4.13. The van der Waals surface area contributed by atoms with Crippen LogP contribution in [0.3, 0.4) is 0 Å². The van der Waals surface area contributed by atoms with E-state index in [1.807, 2.05) is 18.2 Å². The molecule has 6 rings (SSSR count). The fourth-order valence-corrected chi connectivity index (χ4v) is 9.10. The first-order valence-electron chi connectivity index (χ1n) is 15.4. The molecule has 1 atom stereocenters. The molecule has 3 aliphatic rings. The summed E-state index contributed by atoms with van der Waals surface area (Å²) in [5.74, 6) is 1.30. The monoisotopic (exact) mass is 609 g/mol. The third-order valence-corrected chi connectivity index (χ3v) is 12.1. The van der Waals surface area contributed by atoms with Crippen LogP contribution in [0.25, 0.3) is 11.4 Å². The van der Waals surface area contributed by atoms with Crippen LogP contribution in [0, 0.1) is 5.41 Å². The molecule has 0 bridgehead atoms. The molecule has 3 aliphatic heterocycles. The van der Waals surface area contributed by atoms with Crippen molar-refractivity contribution in [2.75, 3.05) is 46.4 Å². The van der Waals surface area contributed by atoms with Crippen molar-refractivity contribution in [1.82, 2.24) is 24.3 Å². The standard InChI is InChI=1S/C32H43N5O5S/c1-22(2)23-5-7-26(8-6-23)32(38,31(3)20-36(4)21-31)27-17-25(18-33-19-27)29-34-30(42-35-29)24-9-13-37(14-10-24)43(39,40)28-11-15-41-16-12-28/h5-8,17-19,22,24,28,38H,9-16,20-21H2,1-4H3/t32-/m0/s1. The van der Waals surface area contributed by atoms with Crippen LogP contribution in [0.4, 0.5) is 0 Å². The van der Waals surface area contributed by atoms with E-state index in [1.54, 1.807) is 16.7 Å². The molecule has 5 heterocycles. The number of likely N-dealkylation sites (tertiary alicyclic amines) is 1. The number of ether oxygens (including phenoxy) is 1. The van der Waals surface area contributed by atoms with Gasteiger partial charge in [-0.3, -0.25) is 4.98 Å². The molecule has 11 heteroatoms. The number of rotatable bonds is 8. The van der Waals surface area contributed by atoms with Gasteiger partial charge in [0.05, 0.1) is 5.25 Å². The number of nitrogens with zero attached hydrogens (tertiary/aromatic N) is 5. The summed E-state index contributed by atoms with van der Waals surface area (Å²) in [6, 6.07) is 10.2. The minimum Gasteiger partial charge on any atom is -0.381 e. The molecule has 1 N–H and O–H groups in total. The van der Waals surface area contributed by atoms with Crippen molar-refractivity contribution in [3.05, 3.63) is 65.3 Å². The van der Waals surface area contributed by atoms with E-state index in [0.717, 1.165) is 18.7 Å². The fraction of sp³-hybridized carbons (Fsp3) is 0.594. The van der Waals surface area contributed by atoms with Crippen LogP contribution in [-0.4, -0.2) is 89.5 Å². The summed E-state index contributed by atoms with van der Waals surface area (Å²) in [5, 5.41) is 16.5. The molecule has 0 aliphatic carbocycles. The number of hydrogen-bond acceptors (Lipinski definition) is 9. The van der Waals surface area contributed by atoms with Crippen LogP contribution in [0.5, 0.6) is 0 Å². The topological polar surface area (TPSA) is 122 Å². The molecule has 0 amide bonds. The van der Waals surface area contributed by atoms with Gasteiger partial charge in [-0.05, 0) is 55.8 Å². The third kappa shape index (κ3) is 5.55. The first-order valence-corrected chi connectivity index (χ1v) is 16.9. The zero-order chi connectivity index (χ0) is 30.4. The van der Waals surface area contributed by atoms with E-state index in [4.69, 9.17) is 14.2 Å². The highest BCUT2D eigenvalue weighted by atomic mass is 32.2.